The maximum Gasteiger partial charge on any atom is 0.235 e. The van der Waals surface area contributed by atoms with Gasteiger partial charge in [-0.25, -0.2) is 0 Å². The second-order valence-electron chi connectivity index (χ2n) is 10.2. The van der Waals surface area contributed by atoms with Crippen LogP contribution in [-0.4, -0.2) is 25.8 Å². The van der Waals surface area contributed by atoms with E-state index in [1.807, 2.05) is 24.3 Å². The lowest BCUT2D eigenvalue weighted by Gasteiger charge is -2.47. The third-order valence-corrected chi connectivity index (χ3v) is 10.5. The van der Waals surface area contributed by atoms with Crippen LogP contribution >= 0.6 is 0 Å². The smallest absolute Gasteiger partial charge is 0.235 e. The van der Waals surface area contributed by atoms with Gasteiger partial charge in [0.2, 0.25) is 5.79 Å². The number of phenols is 1. The van der Waals surface area contributed by atoms with E-state index in [1.165, 1.54) is 6.07 Å². The van der Waals surface area contributed by atoms with Gasteiger partial charge in [0.05, 0.1) is 13.0 Å². The molecule has 2 aromatic rings. The quantitative estimate of drug-likeness (QED) is 0.534. The van der Waals surface area contributed by atoms with Gasteiger partial charge < -0.3 is 19.0 Å². The maximum absolute atomic E-state index is 13.1. The number of fused-ring (bicyclic) bond motifs is 1. The Morgan fingerprint density at radius 1 is 1.13 bits per heavy atom. The van der Waals surface area contributed by atoms with Gasteiger partial charge in [-0.3, -0.25) is 4.79 Å². The van der Waals surface area contributed by atoms with Gasteiger partial charge >= 0.3 is 0 Å². The molecule has 0 amide bonds. The molecule has 0 aromatic heterocycles. The summed E-state index contributed by atoms with van der Waals surface area (Å²) in [5, 5.41) is 10.1. The lowest BCUT2D eigenvalue weighted by Crippen LogP contribution is -2.53. The third-order valence-electron chi connectivity index (χ3n) is 6.05. The van der Waals surface area contributed by atoms with Crippen molar-refractivity contribution in [2.24, 2.45) is 5.92 Å². The molecule has 31 heavy (non-hydrogen) atoms. The van der Waals surface area contributed by atoms with E-state index in [4.69, 9.17) is 13.9 Å². The second-order valence-corrected chi connectivity index (χ2v) is 14.9. The topological polar surface area (TPSA) is 65.0 Å². The van der Waals surface area contributed by atoms with E-state index in [0.717, 1.165) is 11.3 Å². The molecule has 0 aliphatic carbocycles. The van der Waals surface area contributed by atoms with Gasteiger partial charge in [-0.1, -0.05) is 40.7 Å². The zero-order valence-corrected chi connectivity index (χ0v) is 20.6. The predicted molar refractivity (Wildman–Crippen MR) is 124 cm³/mol. The van der Waals surface area contributed by atoms with Crippen molar-refractivity contribution in [3.63, 3.8) is 0 Å². The fourth-order valence-corrected chi connectivity index (χ4v) is 4.67. The molecule has 1 N–H and O–H groups in total. The summed E-state index contributed by atoms with van der Waals surface area (Å²) in [5.41, 5.74) is 0.977. The average molecular weight is 443 g/mol. The molecule has 0 radical (unpaired) electrons. The lowest BCUT2D eigenvalue weighted by molar-refractivity contribution is -0.134. The minimum Gasteiger partial charge on any atom is -0.507 e. The first-order chi connectivity index (χ1) is 14.3. The molecule has 0 fully saturated rings. The van der Waals surface area contributed by atoms with Crippen LogP contribution in [0, 0.1) is 5.92 Å². The zero-order valence-electron chi connectivity index (χ0n) is 19.6. The molecule has 1 unspecified atom stereocenters. The Labute approximate surface area is 186 Å². The highest BCUT2D eigenvalue weighted by Gasteiger charge is 2.51. The number of rotatable bonds is 6. The lowest BCUT2D eigenvalue weighted by atomic mass is 9.92. The van der Waals surface area contributed by atoms with E-state index in [2.05, 4.69) is 47.7 Å². The van der Waals surface area contributed by atoms with Crippen LogP contribution in [0.15, 0.2) is 42.5 Å². The first-order valence-corrected chi connectivity index (χ1v) is 13.7. The zero-order chi connectivity index (χ0) is 23.0. The Bertz CT molecular complexity index is 943. The number of hydrogen-bond acceptors (Lipinski definition) is 5. The molecule has 0 bridgehead atoms. The number of phenolic OH excluding ortho intramolecular Hbond substituents is 1. The minimum absolute atomic E-state index is 0.00369. The van der Waals surface area contributed by atoms with E-state index < -0.39 is 14.1 Å². The second kappa shape index (κ2) is 8.32. The number of ether oxygens (including phenoxy) is 2. The molecule has 1 atom stereocenters. The summed E-state index contributed by atoms with van der Waals surface area (Å²) >= 11 is 0. The number of ketones is 1. The van der Waals surface area contributed by atoms with Gasteiger partial charge in [-0.05, 0) is 60.4 Å². The molecule has 1 heterocycles. The van der Waals surface area contributed by atoms with E-state index in [-0.39, 0.29) is 28.6 Å². The molecule has 0 saturated carbocycles. The molecule has 0 spiro atoms. The van der Waals surface area contributed by atoms with Crippen LogP contribution in [0.5, 0.6) is 17.2 Å². The monoisotopic (exact) mass is 442 g/mol. The fraction of sp³-hybridized carbons (Fsp3) is 0.480. The normalized spacial score (nSPS) is 19.2. The van der Waals surface area contributed by atoms with Crippen LogP contribution in [-0.2, 0) is 10.2 Å². The van der Waals surface area contributed by atoms with Gasteiger partial charge in [0.1, 0.15) is 22.8 Å². The van der Waals surface area contributed by atoms with Crippen LogP contribution < -0.4 is 9.47 Å². The van der Waals surface area contributed by atoms with E-state index >= 15 is 0 Å². The molecular formula is C25H34O5Si. The number of hydrogen-bond donors (Lipinski definition) is 1. The number of carbonyl (C=O) groups excluding carboxylic acids is 1. The predicted octanol–water partition coefficient (Wildman–Crippen LogP) is 6.27. The summed E-state index contributed by atoms with van der Waals surface area (Å²) in [6.45, 7) is 15.6. The highest BCUT2D eigenvalue weighted by atomic mass is 28.4. The van der Waals surface area contributed by atoms with E-state index in [1.54, 1.807) is 12.1 Å². The van der Waals surface area contributed by atoms with Crippen molar-refractivity contribution in [1.29, 1.82) is 0 Å². The number of Topliss-reactive ketones (excluding diaryl/α,β-unsaturated/α-hetero) is 1. The Kier molecular flexibility index (Phi) is 6.27. The van der Waals surface area contributed by atoms with Crippen LogP contribution in [0.25, 0.3) is 0 Å². The molecule has 1 aliphatic heterocycles. The highest BCUT2D eigenvalue weighted by Crippen LogP contribution is 2.48. The summed E-state index contributed by atoms with van der Waals surface area (Å²) in [7, 11) is -2.33. The molecule has 0 saturated heterocycles. The standard InChI is InChI=1S/C25H34O5Si/c1-17(2)16-28-19-13-11-18(12-14-19)25(30-31(6,7)24(3,4)5)15-21(27)23-20(26)9-8-10-22(23)29-25/h8-14,17,26H,15-16H2,1-7H3. The van der Waals surface area contributed by atoms with Crippen LogP contribution in [0.4, 0.5) is 0 Å². The largest absolute Gasteiger partial charge is 0.507 e. The Balaban J connectivity index is 2.05. The molecule has 1 aliphatic rings. The van der Waals surface area contributed by atoms with Gasteiger partial charge in [-0.15, -0.1) is 0 Å². The minimum atomic E-state index is -2.33. The van der Waals surface area contributed by atoms with Crippen molar-refractivity contribution in [3.05, 3.63) is 53.6 Å². The SMILES string of the molecule is CC(C)COc1ccc(C2(O[Si](C)(C)C(C)(C)C)CC(=O)c3c(O)cccc3O2)cc1. The van der Waals surface area contributed by atoms with Gasteiger partial charge in [0, 0.05) is 5.56 Å². The van der Waals surface area contributed by atoms with Crippen molar-refractivity contribution < 1.29 is 23.8 Å². The number of aromatic hydroxyl groups is 1. The maximum atomic E-state index is 13.1. The summed E-state index contributed by atoms with van der Waals surface area (Å²) < 4.78 is 19.0. The van der Waals surface area contributed by atoms with Crippen LogP contribution in [0.2, 0.25) is 18.1 Å². The molecule has 168 valence electrons. The van der Waals surface area contributed by atoms with E-state index in [0.29, 0.717) is 18.3 Å². The highest BCUT2D eigenvalue weighted by molar-refractivity contribution is 6.74. The van der Waals surface area contributed by atoms with Crippen molar-refractivity contribution in [2.75, 3.05) is 6.61 Å². The Morgan fingerprint density at radius 3 is 2.35 bits per heavy atom. The average Bonchev–Trinajstić information content (AvgIpc) is 2.65. The Morgan fingerprint density at radius 2 is 1.77 bits per heavy atom. The summed E-state index contributed by atoms with van der Waals surface area (Å²) in [6, 6.07) is 12.5. The van der Waals surface area contributed by atoms with Crippen LogP contribution in [0.1, 0.15) is 57.0 Å². The summed E-state index contributed by atoms with van der Waals surface area (Å²) in [4.78, 5) is 13.1. The summed E-state index contributed by atoms with van der Waals surface area (Å²) in [6.07, 6.45) is -0.00369. The molecule has 5 nitrogen and oxygen atoms in total. The van der Waals surface area contributed by atoms with Gasteiger partial charge in [0.15, 0.2) is 14.1 Å². The third kappa shape index (κ3) is 4.80. The first-order valence-electron chi connectivity index (χ1n) is 10.8. The fourth-order valence-electron chi connectivity index (χ4n) is 3.31. The van der Waals surface area contributed by atoms with Crippen molar-refractivity contribution >= 4 is 14.1 Å². The van der Waals surface area contributed by atoms with Crippen molar-refractivity contribution in [3.8, 4) is 17.2 Å². The molecule has 3 rings (SSSR count). The van der Waals surface area contributed by atoms with E-state index in [9.17, 15) is 9.90 Å². The first kappa shape index (κ1) is 23.4. The number of benzene rings is 2. The van der Waals surface area contributed by atoms with Crippen molar-refractivity contribution in [1.82, 2.24) is 0 Å². The molecule has 6 heteroatoms. The van der Waals surface area contributed by atoms with Crippen LogP contribution in [0.3, 0.4) is 0 Å². The summed E-state index contributed by atoms with van der Waals surface area (Å²) in [5.74, 6) is 0.0166. The van der Waals surface area contributed by atoms with Gasteiger partial charge in [0.25, 0.3) is 0 Å². The number of carbonyl (C=O) groups is 1. The molecule has 2 aromatic carbocycles. The Hall–Kier alpha value is -2.31. The van der Waals surface area contributed by atoms with Gasteiger partial charge in [-0.2, -0.15) is 0 Å². The molecular weight excluding hydrogens is 408 g/mol. The van der Waals surface area contributed by atoms with Crippen molar-refractivity contribution in [2.45, 2.75) is 65.0 Å².